The number of anilines is 2. The number of sulfonamides is 1. The molecule has 0 aliphatic rings. The van der Waals surface area contributed by atoms with Crippen LogP contribution in [-0.2, 0) is 10.0 Å². The minimum atomic E-state index is -3.56. The summed E-state index contributed by atoms with van der Waals surface area (Å²) in [6.07, 6.45) is 0. The minimum absolute atomic E-state index is 0.279. The average molecular weight is 361 g/mol. The lowest BCUT2D eigenvalue weighted by Gasteiger charge is -2.18. The molecule has 0 unspecified atom stereocenters. The first kappa shape index (κ1) is 14.4. The van der Waals surface area contributed by atoms with Gasteiger partial charge in [-0.25, -0.2) is 8.42 Å². The van der Waals surface area contributed by atoms with Crippen molar-refractivity contribution in [2.45, 2.75) is 4.21 Å². The van der Waals surface area contributed by atoms with Gasteiger partial charge in [-0.2, -0.15) is 0 Å². The highest BCUT2D eigenvalue weighted by Crippen LogP contribution is 2.31. The van der Waals surface area contributed by atoms with E-state index in [1.165, 1.54) is 11.3 Å². The van der Waals surface area contributed by atoms with Crippen molar-refractivity contribution in [1.82, 2.24) is 0 Å². The zero-order chi connectivity index (χ0) is 14.0. The van der Waals surface area contributed by atoms with Crippen molar-refractivity contribution in [3.8, 4) is 0 Å². The molecule has 0 aliphatic carbocycles. The smallest absolute Gasteiger partial charge is 0.272 e. The Kier molecular flexibility index (Phi) is 4.17. The van der Waals surface area contributed by atoms with Gasteiger partial charge in [0.25, 0.3) is 10.0 Å². The minimum Gasteiger partial charge on any atom is -0.376 e. The van der Waals surface area contributed by atoms with Gasteiger partial charge in [-0.3, -0.25) is 4.72 Å². The lowest BCUT2D eigenvalue weighted by molar-refractivity contribution is 0.603. The summed E-state index contributed by atoms with van der Waals surface area (Å²) in [5.74, 6) is 0. The fourth-order valence-corrected chi connectivity index (χ4v) is 5.03. The zero-order valence-electron chi connectivity index (χ0n) is 10.4. The van der Waals surface area contributed by atoms with Crippen LogP contribution in [0.4, 0.5) is 11.4 Å². The maximum atomic E-state index is 12.3. The largest absolute Gasteiger partial charge is 0.376 e. The normalized spacial score (nSPS) is 11.3. The van der Waals surface area contributed by atoms with E-state index < -0.39 is 10.0 Å². The standard InChI is InChI=1S/C12H13BrN2O2S2/c1-15(2)11-6-4-3-5-10(11)14-19(16,17)12-9(13)7-8-18-12/h3-8,14H,1-2H3. The van der Waals surface area contributed by atoms with E-state index in [0.717, 1.165) is 5.69 Å². The maximum absolute atomic E-state index is 12.3. The molecule has 1 N–H and O–H groups in total. The Hall–Kier alpha value is -1.05. The van der Waals surface area contributed by atoms with Crippen LogP contribution in [-0.4, -0.2) is 22.5 Å². The van der Waals surface area contributed by atoms with Crippen molar-refractivity contribution in [2.24, 2.45) is 0 Å². The van der Waals surface area contributed by atoms with E-state index in [0.29, 0.717) is 10.2 Å². The molecule has 1 heterocycles. The number of hydrogen-bond donors (Lipinski definition) is 1. The summed E-state index contributed by atoms with van der Waals surface area (Å²) in [6, 6.07) is 9.00. The van der Waals surface area contributed by atoms with E-state index in [4.69, 9.17) is 0 Å². The third-order valence-corrected chi connectivity index (χ3v) is 6.49. The van der Waals surface area contributed by atoms with Gasteiger partial charge in [0.1, 0.15) is 0 Å². The van der Waals surface area contributed by atoms with Crippen molar-refractivity contribution in [3.63, 3.8) is 0 Å². The molecular formula is C12H13BrN2O2S2. The second-order valence-electron chi connectivity index (χ2n) is 4.07. The van der Waals surface area contributed by atoms with Crippen LogP contribution >= 0.6 is 27.3 Å². The Morgan fingerprint density at radius 2 is 1.89 bits per heavy atom. The van der Waals surface area contributed by atoms with Crippen molar-refractivity contribution in [2.75, 3.05) is 23.7 Å². The lowest BCUT2D eigenvalue weighted by Crippen LogP contribution is -2.16. The number of nitrogens with one attached hydrogen (secondary N) is 1. The van der Waals surface area contributed by atoms with Crippen LogP contribution in [0.25, 0.3) is 0 Å². The van der Waals surface area contributed by atoms with Gasteiger partial charge in [-0.15, -0.1) is 11.3 Å². The van der Waals surface area contributed by atoms with Crippen LogP contribution in [0.1, 0.15) is 0 Å². The summed E-state index contributed by atoms with van der Waals surface area (Å²) in [7, 11) is 0.177. The number of para-hydroxylation sites is 2. The monoisotopic (exact) mass is 360 g/mol. The van der Waals surface area contributed by atoms with Gasteiger partial charge >= 0.3 is 0 Å². The van der Waals surface area contributed by atoms with Crippen molar-refractivity contribution in [1.29, 1.82) is 0 Å². The second-order valence-corrected chi connectivity index (χ2v) is 7.72. The molecule has 0 aliphatic heterocycles. The Balaban J connectivity index is 2.39. The third kappa shape index (κ3) is 3.10. The molecule has 0 spiro atoms. The molecule has 0 saturated heterocycles. The first-order valence-electron chi connectivity index (χ1n) is 5.44. The fourth-order valence-electron chi connectivity index (χ4n) is 1.61. The molecule has 7 heteroatoms. The van der Waals surface area contributed by atoms with E-state index in [2.05, 4.69) is 20.7 Å². The summed E-state index contributed by atoms with van der Waals surface area (Å²) in [6.45, 7) is 0. The van der Waals surface area contributed by atoms with Crippen LogP contribution in [0.3, 0.4) is 0 Å². The Bertz CT molecular complexity index is 681. The molecule has 19 heavy (non-hydrogen) atoms. The molecule has 102 valence electrons. The van der Waals surface area contributed by atoms with Gasteiger partial charge in [0.15, 0.2) is 4.21 Å². The van der Waals surface area contributed by atoms with Crippen LogP contribution in [0.15, 0.2) is 44.4 Å². The highest BCUT2D eigenvalue weighted by atomic mass is 79.9. The number of thiophene rings is 1. The second kappa shape index (κ2) is 5.52. The molecule has 0 amide bonds. The zero-order valence-corrected chi connectivity index (χ0v) is 13.6. The Morgan fingerprint density at radius 3 is 2.47 bits per heavy atom. The van der Waals surface area contributed by atoms with E-state index in [-0.39, 0.29) is 4.21 Å². The van der Waals surface area contributed by atoms with Crippen molar-refractivity contribution < 1.29 is 8.42 Å². The first-order chi connectivity index (χ1) is 8.92. The van der Waals surface area contributed by atoms with Gasteiger partial charge < -0.3 is 4.90 Å². The summed E-state index contributed by atoms with van der Waals surface area (Å²) in [5.41, 5.74) is 1.38. The number of hydrogen-bond acceptors (Lipinski definition) is 4. The Labute approximate surface area is 125 Å². The highest BCUT2D eigenvalue weighted by molar-refractivity contribution is 9.10. The molecule has 0 saturated carbocycles. The van der Waals surface area contributed by atoms with Crippen molar-refractivity contribution >= 4 is 48.7 Å². The third-order valence-electron chi connectivity index (χ3n) is 2.46. The quantitative estimate of drug-likeness (QED) is 0.908. The topological polar surface area (TPSA) is 49.4 Å². The molecule has 4 nitrogen and oxygen atoms in total. The number of halogens is 1. The predicted molar refractivity (Wildman–Crippen MR) is 83.6 cm³/mol. The number of nitrogens with zero attached hydrogens (tertiary/aromatic N) is 1. The predicted octanol–water partition coefficient (Wildman–Crippen LogP) is 3.38. The summed E-state index contributed by atoms with van der Waals surface area (Å²) >= 11 is 4.42. The Morgan fingerprint density at radius 1 is 1.21 bits per heavy atom. The molecule has 0 bridgehead atoms. The van der Waals surface area contributed by atoms with Gasteiger partial charge in [-0.05, 0) is 39.5 Å². The molecular weight excluding hydrogens is 348 g/mol. The summed E-state index contributed by atoms with van der Waals surface area (Å²) < 4.78 is 28.1. The first-order valence-corrected chi connectivity index (χ1v) is 8.59. The van der Waals surface area contributed by atoms with E-state index in [1.807, 2.05) is 31.1 Å². The molecule has 0 radical (unpaired) electrons. The van der Waals surface area contributed by atoms with Gasteiger partial charge in [0.2, 0.25) is 0 Å². The van der Waals surface area contributed by atoms with Crippen LogP contribution in [0, 0.1) is 0 Å². The number of rotatable bonds is 4. The van der Waals surface area contributed by atoms with Gasteiger partial charge in [-0.1, -0.05) is 12.1 Å². The van der Waals surface area contributed by atoms with Crippen LogP contribution in [0.2, 0.25) is 0 Å². The van der Waals surface area contributed by atoms with Gasteiger partial charge in [0.05, 0.1) is 11.4 Å². The highest BCUT2D eigenvalue weighted by Gasteiger charge is 2.20. The molecule has 1 aromatic carbocycles. The molecule has 0 fully saturated rings. The molecule has 2 rings (SSSR count). The van der Waals surface area contributed by atoms with E-state index in [9.17, 15) is 8.42 Å². The lowest BCUT2D eigenvalue weighted by atomic mass is 10.2. The van der Waals surface area contributed by atoms with Crippen LogP contribution in [0.5, 0.6) is 0 Å². The average Bonchev–Trinajstić information content (AvgIpc) is 2.76. The summed E-state index contributed by atoms with van der Waals surface area (Å²) in [4.78, 5) is 1.86. The molecule has 0 atom stereocenters. The maximum Gasteiger partial charge on any atom is 0.272 e. The SMILES string of the molecule is CN(C)c1ccccc1NS(=O)(=O)c1sccc1Br. The van der Waals surface area contributed by atoms with Gasteiger partial charge in [0, 0.05) is 18.6 Å². The van der Waals surface area contributed by atoms with Crippen LogP contribution < -0.4 is 9.62 Å². The molecule has 1 aromatic heterocycles. The molecule has 2 aromatic rings. The van der Waals surface area contributed by atoms with E-state index in [1.54, 1.807) is 23.6 Å². The summed E-state index contributed by atoms with van der Waals surface area (Å²) in [5, 5.41) is 1.73. The van der Waals surface area contributed by atoms with E-state index >= 15 is 0 Å². The number of benzene rings is 1. The van der Waals surface area contributed by atoms with Crippen molar-refractivity contribution in [3.05, 3.63) is 40.2 Å². The fraction of sp³-hybridized carbons (Fsp3) is 0.167.